The molecule has 0 aliphatic carbocycles. The van der Waals surface area contributed by atoms with Crippen LogP contribution >= 0.6 is 0 Å². The van der Waals surface area contributed by atoms with Crippen molar-refractivity contribution in [2.75, 3.05) is 11.5 Å². The maximum atomic E-state index is 5.60. The summed E-state index contributed by atoms with van der Waals surface area (Å²) in [6.45, 7) is 0. The van der Waals surface area contributed by atoms with E-state index in [-0.39, 0.29) is 0 Å². The minimum Gasteiger partial charge on any atom is -0.384 e. The van der Waals surface area contributed by atoms with Crippen LogP contribution in [0.15, 0.2) is 12.4 Å². The molecule has 0 aliphatic rings. The molecule has 0 spiro atoms. The van der Waals surface area contributed by atoms with Crippen molar-refractivity contribution in [2.45, 2.75) is 0 Å². The Balaban J connectivity index is 2.92. The molecule has 2 aromatic heterocycles. The highest BCUT2D eigenvalue weighted by Gasteiger charge is 2.04. The quantitative estimate of drug-likeness (QED) is 0.578. The van der Waals surface area contributed by atoms with Gasteiger partial charge in [-0.15, -0.1) is 0 Å². The lowest BCUT2D eigenvalue weighted by Gasteiger charge is -1.98. The van der Waals surface area contributed by atoms with E-state index >= 15 is 0 Å². The van der Waals surface area contributed by atoms with Gasteiger partial charge in [0.15, 0.2) is 5.82 Å². The number of imidazole rings is 1. The van der Waals surface area contributed by atoms with Gasteiger partial charge < -0.3 is 16.0 Å². The number of aryl methyl sites for hydroxylation is 1. The van der Waals surface area contributed by atoms with Crippen LogP contribution in [0.4, 0.5) is 11.6 Å². The second-order valence-corrected chi connectivity index (χ2v) is 2.66. The van der Waals surface area contributed by atoms with Crippen LogP contribution in [0.2, 0.25) is 0 Å². The lowest BCUT2D eigenvalue weighted by molar-refractivity contribution is 0.947. The molecule has 0 fully saturated rings. The molecule has 5 heteroatoms. The highest BCUT2D eigenvalue weighted by atomic mass is 15.0. The van der Waals surface area contributed by atoms with E-state index in [1.807, 2.05) is 11.6 Å². The molecule has 62 valence electrons. The second kappa shape index (κ2) is 2.10. The predicted molar refractivity (Wildman–Crippen MR) is 47.3 cm³/mol. The molecule has 4 N–H and O–H groups in total. The number of nitrogens with zero attached hydrogens (tertiary/aromatic N) is 3. The van der Waals surface area contributed by atoms with Gasteiger partial charge in [0.25, 0.3) is 0 Å². The first kappa shape index (κ1) is 6.90. The Bertz CT molecular complexity index is 431. The largest absolute Gasteiger partial charge is 0.384 e. The maximum absolute atomic E-state index is 5.60. The van der Waals surface area contributed by atoms with Crippen LogP contribution < -0.4 is 11.5 Å². The lowest BCUT2D eigenvalue weighted by Crippen LogP contribution is -1.97. The van der Waals surface area contributed by atoms with Crippen molar-refractivity contribution in [3.05, 3.63) is 12.4 Å². The summed E-state index contributed by atoms with van der Waals surface area (Å²) in [6, 6.07) is 1.75. The van der Waals surface area contributed by atoms with Crippen molar-refractivity contribution in [2.24, 2.45) is 7.05 Å². The fraction of sp³-hybridized carbons (Fsp3) is 0.143. The first-order valence-electron chi connectivity index (χ1n) is 3.51. The molecule has 5 nitrogen and oxygen atoms in total. The number of pyridine rings is 1. The zero-order chi connectivity index (χ0) is 8.72. The standard InChI is InChI=1S/C7H9N5/c1-12-3-10-6-4(12)2-5(8)11-7(6)9/h2-3H,1H3,(H4,8,9,11). The highest BCUT2D eigenvalue weighted by Crippen LogP contribution is 2.18. The van der Waals surface area contributed by atoms with E-state index in [1.165, 1.54) is 0 Å². The van der Waals surface area contributed by atoms with E-state index in [2.05, 4.69) is 9.97 Å². The molecular weight excluding hydrogens is 154 g/mol. The normalized spacial score (nSPS) is 10.8. The Morgan fingerprint density at radius 2 is 2.17 bits per heavy atom. The molecule has 2 heterocycles. The Morgan fingerprint density at radius 3 is 2.92 bits per heavy atom. The van der Waals surface area contributed by atoms with Gasteiger partial charge in [0.05, 0.1) is 11.8 Å². The van der Waals surface area contributed by atoms with Gasteiger partial charge >= 0.3 is 0 Å². The van der Waals surface area contributed by atoms with Gasteiger partial charge in [-0.1, -0.05) is 0 Å². The van der Waals surface area contributed by atoms with Gasteiger partial charge in [-0.25, -0.2) is 9.97 Å². The molecule has 0 unspecified atom stereocenters. The average Bonchev–Trinajstić information content (AvgIpc) is 2.33. The molecule has 2 rings (SSSR count). The molecule has 0 bridgehead atoms. The highest BCUT2D eigenvalue weighted by molar-refractivity contribution is 5.86. The van der Waals surface area contributed by atoms with Crippen molar-refractivity contribution < 1.29 is 0 Å². The number of fused-ring (bicyclic) bond motifs is 1. The third-order valence-corrected chi connectivity index (χ3v) is 1.76. The minimum absolute atomic E-state index is 0.380. The summed E-state index contributed by atoms with van der Waals surface area (Å²) < 4.78 is 1.85. The SMILES string of the molecule is Cn1cnc2c(N)nc(N)cc21. The first-order valence-corrected chi connectivity index (χ1v) is 3.51. The monoisotopic (exact) mass is 163 g/mol. The van der Waals surface area contributed by atoms with E-state index in [0.29, 0.717) is 17.2 Å². The van der Waals surface area contributed by atoms with E-state index in [1.54, 1.807) is 12.4 Å². The van der Waals surface area contributed by atoms with Crippen molar-refractivity contribution >= 4 is 22.7 Å². The molecule has 2 aromatic rings. The van der Waals surface area contributed by atoms with Crippen LogP contribution in [0.1, 0.15) is 0 Å². The minimum atomic E-state index is 0.380. The molecule has 0 aromatic carbocycles. The summed E-state index contributed by atoms with van der Waals surface area (Å²) in [7, 11) is 1.88. The first-order chi connectivity index (χ1) is 5.68. The molecular formula is C7H9N5. The van der Waals surface area contributed by atoms with Crippen LogP contribution in [0, 0.1) is 0 Å². The van der Waals surface area contributed by atoms with E-state index < -0.39 is 0 Å². The molecule has 12 heavy (non-hydrogen) atoms. The number of anilines is 2. The number of nitrogen functional groups attached to an aromatic ring is 2. The zero-order valence-corrected chi connectivity index (χ0v) is 6.65. The zero-order valence-electron chi connectivity index (χ0n) is 6.65. The number of hydrogen-bond donors (Lipinski definition) is 2. The number of rotatable bonds is 0. The van der Waals surface area contributed by atoms with E-state index in [0.717, 1.165) is 5.52 Å². The van der Waals surface area contributed by atoms with Gasteiger partial charge in [-0.3, -0.25) is 0 Å². The number of nitrogens with two attached hydrogens (primary N) is 2. The predicted octanol–water partition coefficient (Wildman–Crippen LogP) is 0.133. The molecule has 0 saturated carbocycles. The summed E-state index contributed by atoms with van der Waals surface area (Å²) in [5.74, 6) is 0.800. The summed E-state index contributed by atoms with van der Waals surface area (Å²) in [4.78, 5) is 7.97. The van der Waals surface area contributed by atoms with Gasteiger partial charge in [0.2, 0.25) is 0 Å². The topological polar surface area (TPSA) is 82.8 Å². The van der Waals surface area contributed by atoms with Crippen LogP contribution in [0.25, 0.3) is 11.0 Å². The second-order valence-electron chi connectivity index (χ2n) is 2.66. The smallest absolute Gasteiger partial charge is 0.154 e. The van der Waals surface area contributed by atoms with E-state index in [4.69, 9.17) is 11.5 Å². The van der Waals surface area contributed by atoms with Gasteiger partial charge in [0.1, 0.15) is 11.3 Å². The third kappa shape index (κ3) is 0.795. The lowest BCUT2D eigenvalue weighted by atomic mass is 10.3. The van der Waals surface area contributed by atoms with Crippen molar-refractivity contribution in [3.8, 4) is 0 Å². The Hall–Kier alpha value is -1.78. The molecule has 0 aliphatic heterocycles. The van der Waals surface area contributed by atoms with Crippen LogP contribution in [-0.2, 0) is 7.05 Å². The fourth-order valence-corrected chi connectivity index (χ4v) is 1.17. The van der Waals surface area contributed by atoms with Crippen molar-refractivity contribution in [1.82, 2.24) is 14.5 Å². The Morgan fingerprint density at radius 1 is 1.42 bits per heavy atom. The number of hydrogen-bond acceptors (Lipinski definition) is 4. The van der Waals surface area contributed by atoms with Crippen LogP contribution in [0.5, 0.6) is 0 Å². The summed E-state index contributed by atoms with van der Waals surface area (Å²) in [6.07, 6.45) is 1.68. The number of aromatic nitrogens is 3. The van der Waals surface area contributed by atoms with Crippen LogP contribution in [-0.4, -0.2) is 14.5 Å². The summed E-state index contributed by atoms with van der Waals surface area (Å²) in [5.41, 5.74) is 12.7. The molecule has 0 amide bonds. The Kier molecular flexibility index (Phi) is 1.21. The summed E-state index contributed by atoms with van der Waals surface area (Å²) in [5, 5.41) is 0. The molecule has 0 saturated heterocycles. The van der Waals surface area contributed by atoms with Crippen molar-refractivity contribution in [3.63, 3.8) is 0 Å². The fourth-order valence-electron chi connectivity index (χ4n) is 1.17. The Labute approximate surface area is 69.0 Å². The van der Waals surface area contributed by atoms with Crippen LogP contribution in [0.3, 0.4) is 0 Å². The average molecular weight is 163 g/mol. The summed E-state index contributed by atoms with van der Waals surface area (Å²) >= 11 is 0. The van der Waals surface area contributed by atoms with E-state index in [9.17, 15) is 0 Å². The van der Waals surface area contributed by atoms with Gasteiger partial charge in [-0.2, -0.15) is 0 Å². The van der Waals surface area contributed by atoms with Crippen molar-refractivity contribution in [1.29, 1.82) is 0 Å². The van der Waals surface area contributed by atoms with Gasteiger partial charge in [0, 0.05) is 13.1 Å². The van der Waals surface area contributed by atoms with Gasteiger partial charge in [-0.05, 0) is 0 Å². The molecule has 0 atom stereocenters. The molecule has 0 radical (unpaired) electrons. The maximum Gasteiger partial charge on any atom is 0.154 e. The third-order valence-electron chi connectivity index (χ3n) is 1.76.